The van der Waals surface area contributed by atoms with Gasteiger partial charge in [-0.15, -0.1) is 25.6 Å². The summed E-state index contributed by atoms with van der Waals surface area (Å²) in [6.45, 7) is 12.1. The van der Waals surface area contributed by atoms with E-state index in [0.29, 0.717) is 25.3 Å². The highest BCUT2D eigenvalue weighted by atomic mass is 35.5. The van der Waals surface area contributed by atoms with Gasteiger partial charge in [-0.2, -0.15) is 0 Å². The molecular weight excluding hydrogens is 248 g/mol. The van der Waals surface area contributed by atoms with Crippen molar-refractivity contribution < 1.29 is 4.79 Å². The first-order valence-electron chi connectivity index (χ1n) is 6.27. The molecule has 0 saturated heterocycles. The molecule has 18 heavy (non-hydrogen) atoms. The van der Waals surface area contributed by atoms with Crippen molar-refractivity contribution >= 4 is 18.3 Å². The van der Waals surface area contributed by atoms with Crippen LogP contribution in [-0.4, -0.2) is 18.5 Å². The van der Waals surface area contributed by atoms with Gasteiger partial charge in [-0.25, -0.2) is 0 Å². The van der Waals surface area contributed by atoms with Gasteiger partial charge in [-0.3, -0.25) is 4.79 Å². The van der Waals surface area contributed by atoms with Crippen molar-refractivity contribution in [1.29, 1.82) is 0 Å². The molecule has 0 radical (unpaired) electrons. The van der Waals surface area contributed by atoms with Gasteiger partial charge >= 0.3 is 0 Å². The standard InChI is InChI=1S/C14H26N2O.ClH/c1-5-7-12(8-6-2)14(17)16-13(10-15)9-11(3)4;/h5-6,11-13H,1-2,7-10,15H2,3-4H3,(H,16,17);1H. The van der Waals surface area contributed by atoms with Gasteiger partial charge in [-0.05, 0) is 25.2 Å². The molecule has 1 unspecified atom stereocenters. The van der Waals surface area contributed by atoms with Crippen molar-refractivity contribution in [2.75, 3.05) is 6.54 Å². The van der Waals surface area contributed by atoms with Crippen LogP contribution in [0.5, 0.6) is 0 Å². The Bertz CT molecular complexity index is 244. The Morgan fingerprint density at radius 2 is 1.78 bits per heavy atom. The molecule has 4 heteroatoms. The van der Waals surface area contributed by atoms with Crippen LogP contribution in [-0.2, 0) is 4.79 Å². The Labute approximate surface area is 117 Å². The topological polar surface area (TPSA) is 55.1 Å². The summed E-state index contributed by atoms with van der Waals surface area (Å²) in [5.41, 5.74) is 5.66. The Balaban J connectivity index is 0. The van der Waals surface area contributed by atoms with Gasteiger partial charge in [0.25, 0.3) is 0 Å². The van der Waals surface area contributed by atoms with Crippen LogP contribution in [0.3, 0.4) is 0 Å². The summed E-state index contributed by atoms with van der Waals surface area (Å²) in [6.07, 6.45) is 5.81. The van der Waals surface area contributed by atoms with Crippen molar-refractivity contribution in [3.63, 3.8) is 0 Å². The summed E-state index contributed by atoms with van der Waals surface area (Å²) in [4.78, 5) is 12.0. The lowest BCUT2D eigenvalue weighted by Gasteiger charge is -2.22. The van der Waals surface area contributed by atoms with Crippen LogP contribution in [0.25, 0.3) is 0 Å². The summed E-state index contributed by atoms with van der Waals surface area (Å²) in [7, 11) is 0. The monoisotopic (exact) mass is 274 g/mol. The summed E-state index contributed by atoms with van der Waals surface area (Å²) >= 11 is 0. The highest BCUT2D eigenvalue weighted by Gasteiger charge is 2.19. The van der Waals surface area contributed by atoms with E-state index in [1.165, 1.54) is 0 Å². The minimum absolute atomic E-state index is 0. The fraction of sp³-hybridized carbons (Fsp3) is 0.643. The third-order valence-corrected chi connectivity index (χ3v) is 2.66. The fourth-order valence-electron chi connectivity index (χ4n) is 1.81. The first-order chi connectivity index (χ1) is 8.04. The van der Waals surface area contributed by atoms with Gasteiger partial charge in [0.05, 0.1) is 0 Å². The maximum atomic E-state index is 12.0. The van der Waals surface area contributed by atoms with Crippen LogP contribution in [0.2, 0.25) is 0 Å². The minimum atomic E-state index is -0.0637. The molecule has 0 aromatic carbocycles. The molecule has 0 aromatic rings. The molecule has 0 saturated carbocycles. The number of carbonyl (C=O) groups excluding carboxylic acids is 1. The van der Waals surface area contributed by atoms with Gasteiger partial charge in [-0.1, -0.05) is 26.0 Å². The van der Waals surface area contributed by atoms with Gasteiger partial charge in [0.15, 0.2) is 0 Å². The summed E-state index contributed by atoms with van der Waals surface area (Å²) in [5.74, 6) is 0.522. The third-order valence-electron chi connectivity index (χ3n) is 2.66. The highest BCUT2D eigenvalue weighted by molar-refractivity contribution is 5.85. The van der Waals surface area contributed by atoms with Gasteiger partial charge in [0, 0.05) is 18.5 Å². The second-order valence-electron chi connectivity index (χ2n) is 4.82. The predicted octanol–water partition coefficient (Wildman–Crippen LogP) is 2.67. The smallest absolute Gasteiger partial charge is 0.223 e. The van der Waals surface area contributed by atoms with Gasteiger partial charge in [0.1, 0.15) is 0 Å². The third kappa shape index (κ3) is 8.31. The Kier molecular flexibility index (Phi) is 12.3. The Morgan fingerprint density at radius 1 is 1.28 bits per heavy atom. The van der Waals surface area contributed by atoms with Crippen molar-refractivity contribution in [3.05, 3.63) is 25.3 Å². The molecule has 106 valence electrons. The number of allylic oxidation sites excluding steroid dienone is 2. The number of halogens is 1. The van der Waals surface area contributed by atoms with Crippen molar-refractivity contribution in [1.82, 2.24) is 5.32 Å². The van der Waals surface area contributed by atoms with E-state index in [2.05, 4.69) is 32.3 Å². The number of carbonyl (C=O) groups is 1. The molecule has 3 nitrogen and oxygen atoms in total. The summed E-state index contributed by atoms with van der Waals surface area (Å²) < 4.78 is 0. The summed E-state index contributed by atoms with van der Waals surface area (Å²) in [6, 6.07) is 0.0691. The van der Waals surface area contributed by atoms with Crippen LogP contribution in [0.1, 0.15) is 33.1 Å². The van der Waals surface area contributed by atoms with Gasteiger partial charge in [0.2, 0.25) is 5.91 Å². The van der Waals surface area contributed by atoms with Crippen molar-refractivity contribution in [3.8, 4) is 0 Å². The molecule has 0 heterocycles. The van der Waals surface area contributed by atoms with Crippen molar-refractivity contribution in [2.24, 2.45) is 17.6 Å². The van der Waals surface area contributed by atoms with Crippen LogP contribution in [0.15, 0.2) is 25.3 Å². The lowest BCUT2D eigenvalue weighted by molar-refractivity contribution is -0.125. The van der Waals surface area contributed by atoms with Crippen LogP contribution >= 0.6 is 12.4 Å². The van der Waals surface area contributed by atoms with E-state index in [9.17, 15) is 4.79 Å². The Hall–Kier alpha value is -0.800. The first kappa shape index (κ1) is 19.5. The molecule has 0 bridgehead atoms. The molecule has 0 fully saturated rings. The van der Waals surface area contributed by atoms with E-state index in [1.54, 1.807) is 12.2 Å². The molecular formula is C14H27ClN2O. The largest absolute Gasteiger partial charge is 0.352 e. The number of rotatable bonds is 9. The van der Waals surface area contributed by atoms with Crippen molar-refractivity contribution in [2.45, 2.75) is 39.2 Å². The maximum Gasteiger partial charge on any atom is 0.223 e. The molecule has 0 aliphatic carbocycles. The molecule has 0 aromatic heterocycles. The fourth-order valence-corrected chi connectivity index (χ4v) is 1.81. The molecule has 0 rings (SSSR count). The van der Waals surface area contributed by atoms with E-state index >= 15 is 0 Å². The highest BCUT2D eigenvalue weighted by Crippen LogP contribution is 2.11. The summed E-state index contributed by atoms with van der Waals surface area (Å²) in [5, 5.41) is 3.01. The van der Waals surface area contributed by atoms with E-state index < -0.39 is 0 Å². The van der Waals surface area contributed by atoms with Crippen LogP contribution < -0.4 is 11.1 Å². The second-order valence-corrected chi connectivity index (χ2v) is 4.82. The van der Waals surface area contributed by atoms with E-state index in [0.717, 1.165) is 6.42 Å². The van der Waals surface area contributed by atoms with Crippen LogP contribution in [0.4, 0.5) is 0 Å². The van der Waals surface area contributed by atoms with Gasteiger partial charge < -0.3 is 11.1 Å². The zero-order valence-corrected chi connectivity index (χ0v) is 12.3. The van der Waals surface area contributed by atoms with E-state index in [4.69, 9.17) is 5.73 Å². The lowest BCUT2D eigenvalue weighted by atomic mass is 9.98. The molecule has 0 aliphatic rings. The van der Waals surface area contributed by atoms with E-state index in [1.807, 2.05) is 0 Å². The maximum absolute atomic E-state index is 12.0. The number of amides is 1. The predicted molar refractivity (Wildman–Crippen MR) is 80.8 cm³/mol. The SMILES string of the molecule is C=CCC(CC=C)C(=O)NC(CN)CC(C)C.Cl. The quantitative estimate of drug-likeness (QED) is 0.635. The second kappa shape index (κ2) is 11.3. The average Bonchev–Trinajstić information content (AvgIpc) is 2.27. The normalized spacial score (nSPS) is 11.8. The number of hydrogen-bond donors (Lipinski definition) is 2. The number of nitrogens with two attached hydrogens (primary N) is 1. The average molecular weight is 275 g/mol. The molecule has 3 N–H and O–H groups in total. The Morgan fingerprint density at radius 3 is 2.11 bits per heavy atom. The first-order valence-corrected chi connectivity index (χ1v) is 6.27. The zero-order chi connectivity index (χ0) is 13.3. The number of nitrogens with one attached hydrogen (secondary N) is 1. The van der Waals surface area contributed by atoms with E-state index in [-0.39, 0.29) is 30.3 Å². The number of hydrogen-bond acceptors (Lipinski definition) is 2. The zero-order valence-electron chi connectivity index (χ0n) is 11.5. The molecule has 0 spiro atoms. The molecule has 1 atom stereocenters. The minimum Gasteiger partial charge on any atom is -0.352 e. The lowest BCUT2D eigenvalue weighted by Crippen LogP contribution is -2.43. The molecule has 1 amide bonds. The van der Waals surface area contributed by atoms with Crippen LogP contribution in [0, 0.1) is 11.8 Å². The molecule has 0 aliphatic heterocycles.